The van der Waals surface area contributed by atoms with Gasteiger partial charge in [0.1, 0.15) is 6.33 Å². The van der Waals surface area contributed by atoms with Gasteiger partial charge in [-0.3, -0.25) is 0 Å². The highest BCUT2D eigenvalue weighted by molar-refractivity contribution is 8.13. The van der Waals surface area contributed by atoms with Crippen LogP contribution in [0.3, 0.4) is 0 Å². The van der Waals surface area contributed by atoms with E-state index in [0.29, 0.717) is 6.54 Å². The quantitative estimate of drug-likeness (QED) is 0.634. The lowest BCUT2D eigenvalue weighted by Gasteiger charge is -1.96. The van der Waals surface area contributed by atoms with Gasteiger partial charge >= 0.3 is 0 Å². The van der Waals surface area contributed by atoms with Crippen LogP contribution >= 0.6 is 10.7 Å². The minimum absolute atomic E-state index is 0.207. The van der Waals surface area contributed by atoms with Crippen molar-refractivity contribution in [3.63, 3.8) is 0 Å². The predicted octanol–water partition coefficient (Wildman–Crippen LogP) is 0.226. The summed E-state index contributed by atoms with van der Waals surface area (Å²) in [6.45, 7) is 2.18. The van der Waals surface area contributed by atoms with E-state index in [1.165, 1.54) is 4.68 Å². The van der Waals surface area contributed by atoms with E-state index in [0.717, 1.165) is 6.33 Å². The molecule has 5 nitrogen and oxygen atoms in total. The fourth-order valence-corrected chi connectivity index (χ4v) is 1.62. The molecule has 0 saturated heterocycles. The molecular formula is C4H6ClN3O2S. The van der Waals surface area contributed by atoms with Crippen LogP contribution in [-0.4, -0.2) is 23.2 Å². The van der Waals surface area contributed by atoms with Crippen molar-refractivity contribution in [1.29, 1.82) is 0 Å². The molecule has 1 aromatic heterocycles. The van der Waals surface area contributed by atoms with Gasteiger partial charge in [-0.25, -0.2) is 18.1 Å². The number of rotatable bonds is 2. The van der Waals surface area contributed by atoms with Gasteiger partial charge in [0.25, 0.3) is 14.2 Å². The number of halogens is 1. The Labute approximate surface area is 68.4 Å². The maximum atomic E-state index is 10.7. The van der Waals surface area contributed by atoms with E-state index in [1.54, 1.807) is 6.92 Å². The highest BCUT2D eigenvalue weighted by Crippen LogP contribution is 2.09. The average Bonchev–Trinajstić information content (AvgIpc) is 2.31. The van der Waals surface area contributed by atoms with Crippen LogP contribution in [0.1, 0.15) is 6.92 Å². The predicted molar refractivity (Wildman–Crippen MR) is 38.7 cm³/mol. The third-order valence-corrected chi connectivity index (χ3v) is 2.26. The van der Waals surface area contributed by atoms with Crippen LogP contribution in [0.4, 0.5) is 0 Å². The van der Waals surface area contributed by atoms with Crippen LogP contribution in [0.15, 0.2) is 11.5 Å². The minimum Gasteiger partial charge on any atom is -0.236 e. The molecule has 0 saturated carbocycles. The third-order valence-electron chi connectivity index (χ3n) is 1.10. The monoisotopic (exact) mass is 195 g/mol. The number of aromatic nitrogens is 3. The lowest BCUT2D eigenvalue weighted by molar-refractivity contribution is 0.554. The molecule has 0 aliphatic heterocycles. The summed E-state index contributed by atoms with van der Waals surface area (Å²) in [7, 11) is 1.29. The van der Waals surface area contributed by atoms with Gasteiger partial charge in [-0.05, 0) is 6.92 Å². The van der Waals surface area contributed by atoms with Crippen molar-refractivity contribution in [3.8, 4) is 0 Å². The summed E-state index contributed by atoms with van der Waals surface area (Å²) in [4.78, 5) is 3.49. The molecule has 0 spiro atoms. The fraction of sp³-hybridized carbons (Fsp3) is 0.500. The molecule has 7 heteroatoms. The highest BCUT2D eigenvalue weighted by atomic mass is 35.7. The molecule has 0 aromatic carbocycles. The van der Waals surface area contributed by atoms with Gasteiger partial charge in [0.05, 0.1) is 0 Å². The Bertz CT molecular complexity index is 344. The maximum absolute atomic E-state index is 10.7. The lowest BCUT2D eigenvalue weighted by atomic mass is 10.8. The Morgan fingerprint density at radius 3 is 2.73 bits per heavy atom. The highest BCUT2D eigenvalue weighted by Gasteiger charge is 2.16. The van der Waals surface area contributed by atoms with Gasteiger partial charge in [0, 0.05) is 17.2 Å². The molecule has 1 rings (SSSR count). The molecule has 1 aromatic rings. The van der Waals surface area contributed by atoms with E-state index in [2.05, 4.69) is 10.1 Å². The fourth-order valence-electron chi connectivity index (χ4n) is 0.659. The molecule has 62 valence electrons. The Hall–Kier alpha value is -0.620. The van der Waals surface area contributed by atoms with E-state index >= 15 is 0 Å². The van der Waals surface area contributed by atoms with Crippen molar-refractivity contribution in [2.75, 3.05) is 0 Å². The van der Waals surface area contributed by atoms with E-state index in [9.17, 15) is 8.42 Å². The van der Waals surface area contributed by atoms with E-state index < -0.39 is 9.05 Å². The second-order valence-corrected chi connectivity index (χ2v) is 4.26. The molecule has 0 aliphatic rings. The summed E-state index contributed by atoms with van der Waals surface area (Å²) >= 11 is 0. The van der Waals surface area contributed by atoms with E-state index in [4.69, 9.17) is 10.7 Å². The molecule has 0 atom stereocenters. The Morgan fingerprint density at radius 2 is 2.36 bits per heavy atom. The van der Waals surface area contributed by atoms with Crippen molar-refractivity contribution in [2.45, 2.75) is 18.6 Å². The van der Waals surface area contributed by atoms with Crippen LogP contribution in [0.2, 0.25) is 0 Å². The van der Waals surface area contributed by atoms with Crippen molar-refractivity contribution < 1.29 is 8.42 Å². The van der Waals surface area contributed by atoms with Crippen molar-refractivity contribution in [3.05, 3.63) is 6.33 Å². The van der Waals surface area contributed by atoms with Gasteiger partial charge in [0.15, 0.2) is 0 Å². The van der Waals surface area contributed by atoms with Gasteiger partial charge in [-0.15, -0.1) is 0 Å². The maximum Gasteiger partial charge on any atom is 0.296 e. The van der Waals surface area contributed by atoms with Crippen LogP contribution in [0, 0.1) is 0 Å². The minimum atomic E-state index is -3.74. The largest absolute Gasteiger partial charge is 0.296 e. The zero-order chi connectivity index (χ0) is 8.48. The summed E-state index contributed by atoms with van der Waals surface area (Å²) in [5, 5.41) is 3.44. The first-order valence-corrected chi connectivity index (χ1v) is 5.19. The topological polar surface area (TPSA) is 64.8 Å². The van der Waals surface area contributed by atoms with Crippen LogP contribution in [-0.2, 0) is 15.6 Å². The normalized spacial score (nSPS) is 11.8. The first-order valence-electron chi connectivity index (χ1n) is 2.88. The molecule has 0 radical (unpaired) electrons. The second kappa shape index (κ2) is 2.78. The summed E-state index contributed by atoms with van der Waals surface area (Å²) < 4.78 is 22.6. The SMILES string of the molecule is CCn1ncnc1S(=O)(=O)Cl. The van der Waals surface area contributed by atoms with Crippen LogP contribution < -0.4 is 0 Å². The molecule has 0 fully saturated rings. The average molecular weight is 196 g/mol. The van der Waals surface area contributed by atoms with E-state index in [-0.39, 0.29) is 5.16 Å². The van der Waals surface area contributed by atoms with Gasteiger partial charge in [0.2, 0.25) is 0 Å². The molecule has 0 amide bonds. The van der Waals surface area contributed by atoms with Crippen LogP contribution in [0.5, 0.6) is 0 Å². The van der Waals surface area contributed by atoms with Gasteiger partial charge < -0.3 is 0 Å². The number of nitrogens with zero attached hydrogens (tertiary/aromatic N) is 3. The summed E-state index contributed by atoms with van der Waals surface area (Å²) in [5.74, 6) is 0. The molecule has 0 N–H and O–H groups in total. The standard InChI is InChI=1S/C4H6ClN3O2S/c1-2-8-4(6-3-7-8)11(5,9)10/h3H,2H2,1H3. The molecular weight excluding hydrogens is 190 g/mol. The summed E-state index contributed by atoms with van der Waals surface area (Å²) in [6.07, 6.45) is 1.15. The number of hydrogen-bond donors (Lipinski definition) is 0. The van der Waals surface area contributed by atoms with Crippen molar-refractivity contribution >= 4 is 19.7 Å². The Morgan fingerprint density at radius 1 is 1.73 bits per heavy atom. The second-order valence-electron chi connectivity index (χ2n) is 1.80. The third kappa shape index (κ3) is 1.69. The van der Waals surface area contributed by atoms with Crippen LogP contribution in [0.25, 0.3) is 0 Å². The Kier molecular flexibility index (Phi) is 2.15. The number of aryl methyl sites for hydroxylation is 1. The summed E-state index contributed by atoms with van der Waals surface area (Å²) in [5.41, 5.74) is 0. The van der Waals surface area contributed by atoms with Crippen molar-refractivity contribution in [2.24, 2.45) is 0 Å². The number of hydrogen-bond acceptors (Lipinski definition) is 4. The first kappa shape index (κ1) is 8.48. The molecule has 0 unspecified atom stereocenters. The lowest BCUT2D eigenvalue weighted by Crippen LogP contribution is -2.05. The summed E-state index contributed by atoms with van der Waals surface area (Å²) in [6, 6.07) is 0. The smallest absolute Gasteiger partial charge is 0.236 e. The molecule has 0 aliphatic carbocycles. The zero-order valence-corrected chi connectivity index (χ0v) is 7.30. The molecule has 0 bridgehead atoms. The van der Waals surface area contributed by atoms with Gasteiger partial charge in [-0.1, -0.05) is 0 Å². The first-order chi connectivity index (χ1) is 5.05. The van der Waals surface area contributed by atoms with Crippen molar-refractivity contribution in [1.82, 2.24) is 14.8 Å². The molecule has 11 heavy (non-hydrogen) atoms. The van der Waals surface area contributed by atoms with E-state index in [1.807, 2.05) is 0 Å². The zero-order valence-electron chi connectivity index (χ0n) is 5.73. The van der Waals surface area contributed by atoms with Gasteiger partial charge in [-0.2, -0.15) is 5.10 Å². The Balaban J connectivity index is 3.24. The molecule has 1 heterocycles.